The molecule has 3 aromatic carbocycles. The Bertz CT molecular complexity index is 1150. The first kappa shape index (κ1) is 17.5. The van der Waals surface area contributed by atoms with Gasteiger partial charge in [-0.15, -0.1) is 0 Å². The first-order valence-electron chi connectivity index (χ1n) is 8.72. The molecular weight excluding hydrogens is 356 g/mol. The van der Waals surface area contributed by atoms with E-state index in [9.17, 15) is 9.59 Å². The minimum absolute atomic E-state index is 0.0625. The normalized spacial score (nSPS) is 14.6. The van der Waals surface area contributed by atoms with E-state index in [1.165, 1.54) is 4.90 Å². The number of carbonyl (C=O) groups is 2. The number of carbonyl (C=O) groups excluding carboxylic acids is 2. The minimum atomic E-state index is -0.366. The van der Waals surface area contributed by atoms with Gasteiger partial charge in [0.25, 0.3) is 0 Å². The Hall–Kier alpha value is -3.87. The number of nitrogens with two attached hydrogens (primary N) is 1. The zero-order valence-electron chi connectivity index (χ0n) is 15.1. The van der Waals surface area contributed by atoms with Crippen LogP contribution in [0.2, 0.25) is 0 Å². The summed E-state index contributed by atoms with van der Waals surface area (Å²) in [6, 6.07) is 16.4. The number of hydrogen-bond acceptors (Lipinski definition) is 4. The number of fused-ring (bicyclic) bond motifs is 3. The van der Waals surface area contributed by atoms with E-state index < -0.39 is 0 Å². The van der Waals surface area contributed by atoms with Crippen LogP contribution in [0.4, 0.5) is 17.1 Å². The molecule has 3 aromatic rings. The third-order valence-corrected chi connectivity index (χ3v) is 4.73. The number of benzene rings is 3. The highest BCUT2D eigenvalue weighted by Gasteiger charge is 2.29. The summed E-state index contributed by atoms with van der Waals surface area (Å²) >= 11 is 0. The number of amidine groups is 1. The molecule has 1 heterocycles. The van der Waals surface area contributed by atoms with Gasteiger partial charge in [-0.3, -0.25) is 14.5 Å². The molecule has 0 aliphatic carbocycles. The number of aryl methyl sites for hydroxylation is 1. The molecule has 0 bridgehead atoms. The highest BCUT2D eigenvalue weighted by atomic mass is 16.4. The van der Waals surface area contributed by atoms with Gasteiger partial charge in [-0.05, 0) is 30.5 Å². The largest absolute Gasteiger partial charge is 0.409 e. The SMILES string of the molecule is Cc1ccc2c3c(ccc2c1)N(c1cccc(/C(N)=N/O)c1)C(=O)CC(=O)N3. The van der Waals surface area contributed by atoms with Gasteiger partial charge in [0, 0.05) is 16.6 Å². The summed E-state index contributed by atoms with van der Waals surface area (Å²) in [6.45, 7) is 2.00. The second kappa shape index (κ2) is 6.70. The Morgan fingerprint density at radius 2 is 1.96 bits per heavy atom. The van der Waals surface area contributed by atoms with Crippen LogP contribution in [0.1, 0.15) is 17.5 Å². The summed E-state index contributed by atoms with van der Waals surface area (Å²) in [5, 5.41) is 16.7. The smallest absolute Gasteiger partial charge is 0.241 e. The average Bonchev–Trinajstić information content (AvgIpc) is 2.81. The Kier molecular flexibility index (Phi) is 4.19. The van der Waals surface area contributed by atoms with E-state index in [0.717, 1.165) is 16.3 Å². The van der Waals surface area contributed by atoms with Crippen LogP contribution in [0.3, 0.4) is 0 Å². The maximum absolute atomic E-state index is 12.9. The lowest BCUT2D eigenvalue weighted by molar-refractivity contribution is -0.124. The highest BCUT2D eigenvalue weighted by Crippen LogP contribution is 2.40. The summed E-state index contributed by atoms with van der Waals surface area (Å²) < 4.78 is 0. The third kappa shape index (κ3) is 2.92. The van der Waals surface area contributed by atoms with Gasteiger partial charge in [-0.25, -0.2) is 0 Å². The van der Waals surface area contributed by atoms with Gasteiger partial charge in [-0.1, -0.05) is 47.1 Å². The zero-order valence-corrected chi connectivity index (χ0v) is 15.1. The Balaban J connectivity index is 1.95. The van der Waals surface area contributed by atoms with Crippen molar-refractivity contribution in [1.82, 2.24) is 0 Å². The molecule has 1 aliphatic heterocycles. The molecular formula is C21H18N4O3. The van der Waals surface area contributed by atoms with Crippen LogP contribution in [-0.2, 0) is 9.59 Å². The molecule has 1 aliphatic rings. The van der Waals surface area contributed by atoms with Gasteiger partial charge in [0.15, 0.2) is 5.84 Å². The highest BCUT2D eigenvalue weighted by molar-refractivity contribution is 6.21. The Morgan fingerprint density at radius 3 is 2.75 bits per heavy atom. The number of hydrogen-bond donors (Lipinski definition) is 3. The molecule has 0 saturated carbocycles. The van der Waals surface area contributed by atoms with Crippen LogP contribution < -0.4 is 16.0 Å². The summed E-state index contributed by atoms with van der Waals surface area (Å²) in [5.41, 5.74) is 8.95. The van der Waals surface area contributed by atoms with Crippen molar-refractivity contribution in [2.45, 2.75) is 13.3 Å². The molecule has 7 heteroatoms. The van der Waals surface area contributed by atoms with Crippen LogP contribution in [0.15, 0.2) is 59.8 Å². The monoisotopic (exact) mass is 374 g/mol. The summed E-state index contributed by atoms with van der Waals surface area (Å²) in [5.74, 6) is -0.790. The number of rotatable bonds is 2. The predicted octanol–water partition coefficient (Wildman–Crippen LogP) is 3.25. The van der Waals surface area contributed by atoms with Crippen molar-refractivity contribution in [3.05, 3.63) is 65.7 Å². The summed E-state index contributed by atoms with van der Waals surface area (Å²) in [6.07, 6.45) is -0.282. The van der Waals surface area contributed by atoms with Crippen molar-refractivity contribution < 1.29 is 14.8 Å². The minimum Gasteiger partial charge on any atom is -0.409 e. The second-order valence-electron chi connectivity index (χ2n) is 6.67. The molecule has 4 rings (SSSR count). The van der Waals surface area contributed by atoms with E-state index in [2.05, 4.69) is 10.5 Å². The first-order valence-corrected chi connectivity index (χ1v) is 8.72. The van der Waals surface area contributed by atoms with E-state index in [0.29, 0.717) is 22.6 Å². The Morgan fingerprint density at radius 1 is 1.14 bits per heavy atom. The van der Waals surface area contributed by atoms with Gasteiger partial charge >= 0.3 is 0 Å². The predicted molar refractivity (Wildman–Crippen MR) is 108 cm³/mol. The third-order valence-electron chi connectivity index (χ3n) is 4.73. The quantitative estimate of drug-likeness (QED) is 0.210. The molecule has 0 unspecified atom stereocenters. The van der Waals surface area contributed by atoms with E-state index in [4.69, 9.17) is 10.9 Å². The van der Waals surface area contributed by atoms with Crippen molar-refractivity contribution in [2.75, 3.05) is 10.2 Å². The van der Waals surface area contributed by atoms with Gasteiger partial charge in [-0.2, -0.15) is 0 Å². The molecule has 2 amide bonds. The van der Waals surface area contributed by atoms with Crippen LogP contribution in [0, 0.1) is 6.92 Å². The summed E-state index contributed by atoms with van der Waals surface area (Å²) in [7, 11) is 0. The lowest BCUT2D eigenvalue weighted by Gasteiger charge is -2.24. The van der Waals surface area contributed by atoms with Crippen LogP contribution in [0.5, 0.6) is 0 Å². The maximum atomic E-state index is 12.9. The Labute approximate surface area is 161 Å². The summed E-state index contributed by atoms with van der Waals surface area (Å²) in [4.78, 5) is 26.7. The topological polar surface area (TPSA) is 108 Å². The number of amides is 2. The number of anilines is 3. The molecule has 4 N–H and O–H groups in total. The van der Waals surface area contributed by atoms with E-state index in [1.807, 2.05) is 37.3 Å². The average molecular weight is 374 g/mol. The molecule has 140 valence electrons. The zero-order chi connectivity index (χ0) is 19.8. The molecule has 0 spiro atoms. The molecule has 28 heavy (non-hydrogen) atoms. The molecule has 0 saturated heterocycles. The molecule has 7 nitrogen and oxygen atoms in total. The van der Waals surface area contributed by atoms with E-state index >= 15 is 0 Å². The van der Waals surface area contributed by atoms with Crippen molar-refractivity contribution in [3.63, 3.8) is 0 Å². The molecule has 0 radical (unpaired) electrons. The van der Waals surface area contributed by atoms with E-state index in [1.54, 1.807) is 24.3 Å². The molecule has 0 aromatic heterocycles. The van der Waals surface area contributed by atoms with Gasteiger partial charge < -0.3 is 16.3 Å². The van der Waals surface area contributed by atoms with E-state index in [-0.39, 0.29) is 24.1 Å². The fourth-order valence-corrected chi connectivity index (χ4v) is 3.43. The standard InChI is InChI=1S/C21H18N4O3/c1-12-5-7-16-13(9-12)6-8-17-20(16)23-18(26)11-19(27)25(17)15-4-2-3-14(10-15)21(22)24-28/h2-10,28H,11H2,1H3,(H2,22,24)(H,23,26). The lowest BCUT2D eigenvalue weighted by Crippen LogP contribution is -2.26. The van der Waals surface area contributed by atoms with Crippen LogP contribution in [-0.4, -0.2) is 22.9 Å². The van der Waals surface area contributed by atoms with Crippen molar-refractivity contribution in [2.24, 2.45) is 10.9 Å². The number of nitrogens with one attached hydrogen (secondary N) is 1. The first-order chi connectivity index (χ1) is 13.5. The fraction of sp³-hybridized carbons (Fsp3) is 0.0952. The number of oxime groups is 1. The van der Waals surface area contributed by atoms with Crippen molar-refractivity contribution in [3.8, 4) is 0 Å². The number of nitrogens with zero attached hydrogens (tertiary/aromatic N) is 2. The lowest BCUT2D eigenvalue weighted by atomic mass is 10.0. The van der Waals surface area contributed by atoms with Gasteiger partial charge in [0.2, 0.25) is 11.8 Å². The maximum Gasteiger partial charge on any atom is 0.241 e. The van der Waals surface area contributed by atoms with Crippen molar-refractivity contribution >= 4 is 45.5 Å². The molecule has 0 atom stereocenters. The van der Waals surface area contributed by atoms with Gasteiger partial charge in [0.05, 0.1) is 11.4 Å². The van der Waals surface area contributed by atoms with Crippen LogP contribution in [0.25, 0.3) is 10.8 Å². The van der Waals surface area contributed by atoms with Gasteiger partial charge in [0.1, 0.15) is 6.42 Å². The van der Waals surface area contributed by atoms with Crippen molar-refractivity contribution in [1.29, 1.82) is 0 Å². The second-order valence-corrected chi connectivity index (χ2v) is 6.67. The molecule has 0 fully saturated rings. The fourth-order valence-electron chi connectivity index (χ4n) is 3.43. The van der Waals surface area contributed by atoms with Crippen LogP contribution >= 0.6 is 0 Å².